The second-order valence-electron chi connectivity index (χ2n) is 3.89. The van der Waals surface area contributed by atoms with Crippen molar-refractivity contribution in [2.24, 2.45) is 11.7 Å². The molecule has 0 heterocycles. The number of aromatic hydroxyl groups is 1. The normalized spacial score (nSPS) is 19.0. The first kappa shape index (κ1) is 9.99. The summed E-state index contributed by atoms with van der Waals surface area (Å²) in [5.74, 6) is 0.849. The molecule has 0 unspecified atom stereocenters. The molecule has 1 aliphatic rings. The molecular formula is C11H14BrNO. The van der Waals surface area contributed by atoms with E-state index in [2.05, 4.69) is 15.9 Å². The average Bonchev–Trinajstić information content (AvgIpc) is 2.06. The van der Waals surface area contributed by atoms with E-state index in [0.717, 1.165) is 10.0 Å². The monoisotopic (exact) mass is 255 g/mol. The minimum Gasteiger partial charge on any atom is -0.506 e. The van der Waals surface area contributed by atoms with Gasteiger partial charge in [0, 0.05) is 11.6 Å². The Hall–Kier alpha value is -0.540. The van der Waals surface area contributed by atoms with E-state index in [9.17, 15) is 5.11 Å². The second-order valence-corrected chi connectivity index (χ2v) is 4.75. The van der Waals surface area contributed by atoms with Crippen molar-refractivity contribution in [2.75, 3.05) is 0 Å². The summed E-state index contributed by atoms with van der Waals surface area (Å²) in [4.78, 5) is 0. The third-order valence-electron chi connectivity index (χ3n) is 3.03. The molecule has 3 N–H and O–H groups in total. The van der Waals surface area contributed by atoms with Crippen LogP contribution >= 0.6 is 15.9 Å². The standard InChI is InChI=1S/C11H14BrNO/c12-9-6-2-5-8(11(9)14)10(13)7-3-1-4-7/h2,5-7,10,14H,1,3-4,13H2/t10-/m1/s1. The van der Waals surface area contributed by atoms with E-state index in [1.165, 1.54) is 19.3 Å². The van der Waals surface area contributed by atoms with Crippen molar-refractivity contribution in [1.29, 1.82) is 0 Å². The first-order chi connectivity index (χ1) is 6.70. The molecular weight excluding hydrogens is 242 g/mol. The Balaban J connectivity index is 2.26. The maximum Gasteiger partial charge on any atom is 0.134 e. The van der Waals surface area contributed by atoms with Gasteiger partial charge < -0.3 is 10.8 Å². The van der Waals surface area contributed by atoms with Crippen molar-refractivity contribution in [1.82, 2.24) is 0 Å². The Kier molecular flexibility index (Phi) is 2.79. The molecule has 0 spiro atoms. The Bertz CT molecular complexity index is 336. The van der Waals surface area contributed by atoms with Crippen LogP contribution < -0.4 is 5.73 Å². The molecule has 14 heavy (non-hydrogen) atoms. The zero-order valence-corrected chi connectivity index (χ0v) is 9.50. The van der Waals surface area contributed by atoms with Gasteiger partial charge in [-0.05, 0) is 40.8 Å². The van der Waals surface area contributed by atoms with Crippen LogP contribution in [0.5, 0.6) is 5.75 Å². The van der Waals surface area contributed by atoms with Crippen LogP contribution in [0.2, 0.25) is 0 Å². The number of phenols is 1. The molecule has 76 valence electrons. The largest absolute Gasteiger partial charge is 0.506 e. The van der Waals surface area contributed by atoms with Gasteiger partial charge in [-0.15, -0.1) is 0 Å². The number of hydrogen-bond acceptors (Lipinski definition) is 2. The third-order valence-corrected chi connectivity index (χ3v) is 3.67. The van der Waals surface area contributed by atoms with Crippen molar-refractivity contribution >= 4 is 15.9 Å². The summed E-state index contributed by atoms with van der Waals surface area (Å²) in [5, 5.41) is 9.81. The number of benzene rings is 1. The van der Waals surface area contributed by atoms with Crippen LogP contribution in [0, 0.1) is 5.92 Å². The number of nitrogens with two attached hydrogens (primary N) is 1. The smallest absolute Gasteiger partial charge is 0.134 e. The van der Waals surface area contributed by atoms with Crippen molar-refractivity contribution in [3.8, 4) is 5.75 Å². The molecule has 0 bridgehead atoms. The maximum atomic E-state index is 9.81. The number of rotatable bonds is 2. The Morgan fingerprint density at radius 1 is 1.43 bits per heavy atom. The lowest BCUT2D eigenvalue weighted by Gasteiger charge is -2.31. The molecule has 2 rings (SSSR count). The minimum atomic E-state index is -0.0127. The van der Waals surface area contributed by atoms with Gasteiger partial charge in [0.25, 0.3) is 0 Å². The summed E-state index contributed by atoms with van der Waals surface area (Å²) in [7, 11) is 0. The van der Waals surface area contributed by atoms with Gasteiger partial charge in [-0.2, -0.15) is 0 Å². The van der Waals surface area contributed by atoms with Crippen LogP contribution in [0.3, 0.4) is 0 Å². The Morgan fingerprint density at radius 2 is 2.14 bits per heavy atom. The minimum absolute atomic E-state index is 0.0127. The van der Waals surface area contributed by atoms with Gasteiger partial charge >= 0.3 is 0 Å². The van der Waals surface area contributed by atoms with Gasteiger partial charge in [-0.3, -0.25) is 0 Å². The lowest BCUT2D eigenvalue weighted by molar-refractivity contribution is 0.260. The Labute approximate surface area is 92.3 Å². The van der Waals surface area contributed by atoms with Crippen LogP contribution in [0.15, 0.2) is 22.7 Å². The SMILES string of the molecule is N[C@@H](c1cccc(Br)c1O)C1CCC1. The van der Waals surface area contributed by atoms with E-state index >= 15 is 0 Å². The average molecular weight is 256 g/mol. The summed E-state index contributed by atoms with van der Waals surface area (Å²) in [6.45, 7) is 0. The number of para-hydroxylation sites is 1. The van der Waals surface area contributed by atoms with E-state index < -0.39 is 0 Å². The van der Waals surface area contributed by atoms with Crippen molar-refractivity contribution in [2.45, 2.75) is 25.3 Å². The summed E-state index contributed by atoms with van der Waals surface area (Å²) in [6, 6.07) is 5.63. The van der Waals surface area contributed by atoms with Gasteiger partial charge in [0.1, 0.15) is 5.75 Å². The van der Waals surface area contributed by atoms with E-state index in [0.29, 0.717) is 11.7 Å². The molecule has 0 saturated heterocycles. The highest BCUT2D eigenvalue weighted by molar-refractivity contribution is 9.10. The summed E-state index contributed by atoms with van der Waals surface area (Å²) in [5.41, 5.74) is 6.95. The van der Waals surface area contributed by atoms with Gasteiger partial charge in [-0.1, -0.05) is 18.6 Å². The van der Waals surface area contributed by atoms with Crippen LogP contribution in [0.1, 0.15) is 30.9 Å². The molecule has 2 nitrogen and oxygen atoms in total. The summed E-state index contributed by atoms with van der Waals surface area (Å²) in [6.07, 6.45) is 3.65. The highest BCUT2D eigenvalue weighted by Gasteiger charge is 2.27. The predicted molar refractivity (Wildman–Crippen MR) is 60.1 cm³/mol. The highest BCUT2D eigenvalue weighted by Crippen LogP contribution is 2.40. The first-order valence-corrected chi connectivity index (χ1v) is 5.72. The van der Waals surface area contributed by atoms with E-state index in [1.807, 2.05) is 18.2 Å². The molecule has 0 radical (unpaired) electrons. The van der Waals surface area contributed by atoms with Gasteiger partial charge in [0.15, 0.2) is 0 Å². The zero-order chi connectivity index (χ0) is 10.1. The number of phenolic OH excluding ortho intramolecular Hbond substituents is 1. The van der Waals surface area contributed by atoms with Crippen molar-refractivity contribution < 1.29 is 5.11 Å². The number of halogens is 1. The lowest BCUT2D eigenvalue weighted by Crippen LogP contribution is -2.26. The topological polar surface area (TPSA) is 46.2 Å². The van der Waals surface area contributed by atoms with Crippen molar-refractivity contribution in [3.63, 3.8) is 0 Å². The van der Waals surface area contributed by atoms with Gasteiger partial charge in [-0.25, -0.2) is 0 Å². The fourth-order valence-corrected chi connectivity index (χ4v) is 2.24. The van der Waals surface area contributed by atoms with E-state index in [1.54, 1.807) is 0 Å². The first-order valence-electron chi connectivity index (χ1n) is 4.93. The molecule has 1 atom stereocenters. The fourth-order valence-electron chi connectivity index (χ4n) is 1.85. The zero-order valence-electron chi connectivity index (χ0n) is 7.91. The molecule has 1 aliphatic carbocycles. The molecule has 1 aromatic rings. The summed E-state index contributed by atoms with van der Waals surface area (Å²) >= 11 is 3.30. The van der Waals surface area contributed by atoms with Crippen LogP contribution in [-0.4, -0.2) is 5.11 Å². The molecule has 1 saturated carbocycles. The molecule has 0 aliphatic heterocycles. The van der Waals surface area contributed by atoms with Crippen LogP contribution in [0.4, 0.5) is 0 Å². The predicted octanol–water partition coefficient (Wildman–Crippen LogP) is 2.95. The molecule has 3 heteroatoms. The second kappa shape index (κ2) is 3.91. The summed E-state index contributed by atoms with van der Waals surface area (Å²) < 4.78 is 0.727. The van der Waals surface area contributed by atoms with Gasteiger partial charge in [0.05, 0.1) is 4.47 Å². The molecule has 0 aromatic heterocycles. The quantitative estimate of drug-likeness (QED) is 0.854. The highest BCUT2D eigenvalue weighted by atomic mass is 79.9. The van der Waals surface area contributed by atoms with Gasteiger partial charge in [0.2, 0.25) is 0 Å². The van der Waals surface area contributed by atoms with Crippen LogP contribution in [0.25, 0.3) is 0 Å². The third kappa shape index (κ3) is 1.66. The number of hydrogen-bond donors (Lipinski definition) is 2. The molecule has 1 fully saturated rings. The fraction of sp³-hybridized carbons (Fsp3) is 0.455. The Morgan fingerprint density at radius 3 is 2.71 bits per heavy atom. The molecule has 1 aromatic carbocycles. The van der Waals surface area contributed by atoms with Crippen LogP contribution in [-0.2, 0) is 0 Å². The van der Waals surface area contributed by atoms with E-state index in [-0.39, 0.29) is 6.04 Å². The lowest BCUT2D eigenvalue weighted by atomic mass is 9.77. The maximum absolute atomic E-state index is 9.81. The van der Waals surface area contributed by atoms with E-state index in [4.69, 9.17) is 5.73 Å². The molecule has 0 amide bonds. The van der Waals surface area contributed by atoms with Crippen molar-refractivity contribution in [3.05, 3.63) is 28.2 Å².